The van der Waals surface area contributed by atoms with Crippen LogP contribution in [0.25, 0.3) is 0 Å². The first-order valence-corrected chi connectivity index (χ1v) is 10.9. The first-order valence-electron chi connectivity index (χ1n) is 10.9. The number of nitrogens with zero attached hydrogens (tertiary/aromatic N) is 4. The van der Waals surface area contributed by atoms with Crippen LogP contribution in [0.1, 0.15) is 48.0 Å². The van der Waals surface area contributed by atoms with Crippen molar-refractivity contribution in [2.75, 3.05) is 37.6 Å². The van der Waals surface area contributed by atoms with E-state index in [0.29, 0.717) is 18.5 Å². The molecule has 2 aliphatic heterocycles. The van der Waals surface area contributed by atoms with Gasteiger partial charge in [0.2, 0.25) is 0 Å². The van der Waals surface area contributed by atoms with Crippen LogP contribution in [0, 0.1) is 0 Å². The number of amides is 1. The second-order valence-electron chi connectivity index (χ2n) is 8.53. The monoisotopic (exact) mass is 409 g/mol. The third kappa shape index (κ3) is 5.34. The summed E-state index contributed by atoms with van der Waals surface area (Å²) in [5.74, 6) is 0.607. The van der Waals surface area contributed by atoms with Crippen molar-refractivity contribution in [3.63, 3.8) is 0 Å². The van der Waals surface area contributed by atoms with E-state index >= 15 is 0 Å². The molecule has 0 radical (unpaired) electrons. The zero-order chi connectivity index (χ0) is 20.8. The second-order valence-corrected chi connectivity index (χ2v) is 8.53. The van der Waals surface area contributed by atoms with E-state index in [1.54, 1.807) is 18.6 Å². The van der Waals surface area contributed by atoms with Crippen LogP contribution in [0.4, 0.5) is 5.82 Å². The summed E-state index contributed by atoms with van der Waals surface area (Å²) in [6.45, 7) is 4.74. The lowest BCUT2D eigenvalue weighted by atomic mass is 9.92. The average Bonchev–Trinajstić information content (AvgIpc) is 2.79. The molecule has 1 atom stereocenters. The molecule has 7 nitrogen and oxygen atoms in total. The quantitative estimate of drug-likeness (QED) is 0.761. The van der Waals surface area contributed by atoms with Crippen LogP contribution in [0.15, 0.2) is 42.9 Å². The number of β-amino-alcohol motifs (C(OH)–C–C–N with tert-alkyl or cyclic N) is 1. The van der Waals surface area contributed by atoms with Crippen LogP contribution in [0.3, 0.4) is 0 Å². The van der Waals surface area contributed by atoms with Crippen LogP contribution >= 0.6 is 0 Å². The Labute approximate surface area is 178 Å². The Kier molecular flexibility index (Phi) is 6.59. The SMILES string of the molecule is O=C(NC[C@]1(O)CCCN(c2cnccn2)C1)c1ccc(CN2CCCCC2)cc1. The maximum Gasteiger partial charge on any atom is 0.251 e. The molecule has 30 heavy (non-hydrogen) atoms. The lowest BCUT2D eigenvalue weighted by Crippen LogP contribution is -2.54. The Bertz CT molecular complexity index is 823. The van der Waals surface area contributed by atoms with E-state index in [1.807, 2.05) is 29.2 Å². The van der Waals surface area contributed by atoms with Crippen molar-refractivity contribution in [1.82, 2.24) is 20.2 Å². The third-order valence-corrected chi connectivity index (χ3v) is 6.08. The lowest BCUT2D eigenvalue weighted by Gasteiger charge is -2.39. The minimum Gasteiger partial charge on any atom is -0.386 e. The standard InChI is InChI=1S/C23H31N5O2/c29-22(20-7-5-19(6-8-20)16-27-12-2-1-3-13-27)26-17-23(30)9-4-14-28(18-23)21-15-24-10-11-25-21/h5-8,10-11,15,30H,1-4,9,12-14,16-18H2,(H,26,29)/t23-/m1/s1. The molecule has 7 heteroatoms. The molecule has 1 aromatic carbocycles. The minimum atomic E-state index is -0.973. The number of piperidine rings is 2. The van der Waals surface area contributed by atoms with Gasteiger partial charge in [0.05, 0.1) is 11.8 Å². The molecule has 2 fully saturated rings. The first kappa shape index (κ1) is 20.8. The highest BCUT2D eigenvalue weighted by atomic mass is 16.3. The molecule has 2 aromatic rings. The van der Waals surface area contributed by atoms with Crippen LogP contribution in [0.5, 0.6) is 0 Å². The van der Waals surface area contributed by atoms with Crippen LogP contribution in [0.2, 0.25) is 0 Å². The molecular weight excluding hydrogens is 378 g/mol. The smallest absolute Gasteiger partial charge is 0.251 e. The number of aromatic nitrogens is 2. The van der Waals surface area contributed by atoms with Crippen molar-refractivity contribution >= 4 is 11.7 Å². The van der Waals surface area contributed by atoms with Gasteiger partial charge < -0.3 is 15.3 Å². The molecule has 0 spiro atoms. The highest BCUT2D eigenvalue weighted by Crippen LogP contribution is 2.24. The molecule has 0 unspecified atom stereocenters. The zero-order valence-electron chi connectivity index (χ0n) is 17.5. The summed E-state index contributed by atoms with van der Waals surface area (Å²) >= 11 is 0. The Balaban J connectivity index is 1.30. The Morgan fingerprint density at radius 1 is 1.07 bits per heavy atom. The Hall–Kier alpha value is -2.51. The summed E-state index contributed by atoms with van der Waals surface area (Å²) < 4.78 is 0. The number of likely N-dealkylation sites (tertiary alicyclic amines) is 1. The number of carbonyl (C=O) groups excluding carboxylic acids is 1. The van der Waals surface area contributed by atoms with Gasteiger partial charge in [-0.3, -0.25) is 14.7 Å². The van der Waals surface area contributed by atoms with E-state index in [4.69, 9.17) is 0 Å². The number of anilines is 1. The molecule has 0 saturated carbocycles. The highest BCUT2D eigenvalue weighted by Gasteiger charge is 2.34. The van der Waals surface area contributed by atoms with Crippen molar-refractivity contribution < 1.29 is 9.90 Å². The topological polar surface area (TPSA) is 81.6 Å². The number of benzene rings is 1. The van der Waals surface area contributed by atoms with Crippen LogP contribution in [-0.4, -0.2) is 64.2 Å². The summed E-state index contributed by atoms with van der Waals surface area (Å²) in [7, 11) is 0. The first-order chi connectivity index (χ1) is 14.6. The Morgan fingerprint density at radius 3 is 2.60 bits per heavy atom. The summed E-state index contributed by atoms with van der Waals surface area (Å²) in [5, 5.41) is 13.9. The second kappa shape index (κ2) is 9.53. The third-order valence-electron chi connectivity index (χ3n) is 6.08. The van der Waals surface area contributed by atoms with Crippen LogP contribution in [-0.2, 0) is 6.54 Å². The number of aliphatic hydroxyl groups is 1. The minimum absolute atomic E-state index is 0.149. The van der Waals surface area contributed by atoms with Crippen molar-refractivity contribution in [3.05, 3.63) is 54.0 Å². The van der Waals surface area contributed by atoms with Crippen molar-refractivity contribution in [1.29, 1.82) is 0 Å². The van der Waals surface area contributed by atoms with E-state index in [-0.39, 0.29) is 12.5 Å². The summed E-state index contributed by atoms with van der Waals surface area (Å²) in [6.07, 6.45) is 10.4. The molecule has 0 aliphatic carbocycles. The fourth-order valence-electron chi connectivity index (χ4n) is 4.39. The molecule has 160 valence electrons. The lowest BCUT2D eigenvalue weighted by molar-refractivity contribution is 0.0254. The largest absolute Gasteiger partial charge is 0.386 e. The zero-order valence-corrected chi connectivity index (χ0v) is 17.5. The van der Waals surface area contributed by atoms with Gasteiger partial charge in [-0.15, -0.1) is 0 Å². The average molecular weight is 410 g/mol. The molecule has 1 aromatic heterocycles. The van der Waals surface area contributed by atoms with Gasteiger partial charge in [-0.05, 0) is 56.5 Å². The van der Waals surface area contributed by atoms with Gasteiger partial charge in [0.1, 0.15) is 5.82 Å². The summed E-state index contributed by atoms with van der Waals surface area (Å²) in [4.78, 5) is 25.5. The van der Waals surface area contributed by atoms with Gasteiger partial charge in [-0.25, -0.2) is 4.98 Å². The number of hydrogen-bond donors (Lipinski definition) is 2. The predicted molar refractivity (Wildman–Crippen MR) is 116 cm³/mol. The maximum atomic E-state index is 12.6. The fraction of sp³-hybridized carbons (Fsp3) is 0.522. The van der Waals surface area contributed by atoms with Gasteiger partial charge in [0.15, 0.2) is 0 Å². The van der Waals surface area contributed by atoms with E-state index in [9.17, 15) is 9.90 Å². The number of nitrogens with one attached hydrogen (secondary N) is 1. The molecule has 1 amide bonds. The van der Waals surface area contributed by atoms with Gasteiger partial charge in [0, 0.05) is 44.1 Å². The Morgan fingerprint density at radius 2 is 1.87 bits per heavy atom. The van der Waals surface area contributed by atoms with Gasteiger partial charge in [-0.1, -0.05) is 18.6 Å². The van der Waals surface area contributed by atoms with E-state index in [0.717, 1.165) is 38.4 Å². The normalized spacial score (nSPS) is 22.6. The maximum absolute atomic E-state index is 12.6. The van der Waals surface area contributed by atoms with Gasteiger partial charge in [-0.2, -0.15) is 0 Å². The predicted octanol–water partition coefficient (Wildman–Crippen LogP) is 2.22. The van der Waals surface area contributed by atoms with Crippen molar-refractivity contribution in [2.24, 2.45) is 0 Å². The van der Waals surface area contributed by atoms with E-state index in [2.05, 4.69) is 20.2 Å². The fourth-order valence-corrected chi connectivity index (χ4v) is 4.39. The molecule has 0 bridgehead atoms. The molecular formula is C23H31N5O2. The van der Waals surface area contributed by atoms with Crippen LogP contribution < -0.4 is 10.2 Å². The number of rotatable bonds is 6. The molecule has 2 aliphatic rings. The summed E-state index contributed by atoms with van der Waals surface area (Å²) in [5.41, 5.74) is 0.890. The molecule has 2 N–H and O–H groups in total. The van der Waals surface area contributed by atoms with E-state index in [1.165, 1.54) is 24.8 Å². The van der Waals surface area contributed by atoms with E-state index < -0.39 is 5.60 Å². The van der Waals surface area contributed by atoms with Gasteiger partial charge in [0.25, 0.3) is 5.91 Å². The number of carbonyl (C=O) groups is 1. The molecule has 4 rings (SSSR count). The summed E-state index contributed by atoms with van der Waals surface area (Å²) in [6, 6.07) is 7.83. The van der Waals surface area contributed by atoms with Gasteiger partial charge >= 0.3 is 0 Å². The molecule has 3 heterocycles. The van der Waals surface area contributed by atoms with Crippen molar-refractivity contribution in [3.8, 4) is 0 Å². The van der Waals surface area contributed by atoms with Crippen molar-refractivity contribution in [2.45, 2.75) is 44.2 Å². The highest BCUT2D eigenvalue weighted by molar-refractivity contribution is 5.94. The molecule has 2 saturated heterocycles. The number of hydrogen-bond acceptors (Lipinski definition) is 6.